The van der Waals surface area contributed by atoms with Crippen molar-refractivity contribution in [1.29, 1.82) is 0 Å². The van der Waals surface area contributed by atoms with Gasteiger partial charge in [-0.2, -0.15) is 0 Å². The van der Waals surface area contributed by atoms with Gasteiger partial charge in [0.2, 0.25) is 0 Å². The van der Waals surface area contributed by atoms with Gasteiger partial charge in [0.1, 0.15) is 29.8 Å². The quantitative estimate of drug-likeness (QED) is 0.423. The Morgan fingerprint density at radius 2 is 1.86 bits per heavy atom. The molecule has 0 aliphatic rings. The van der Waals surface area contributed by atoms with E-state index in [9.17, 15) is 9.18 Å². The predicted molar refractivity (Wildman–Crippen MR) is 106 cm³/mol. The molecule has 0 bridgehead atoms. The van der Waals surface area contributed by atoms with Crippen LogP contribution in [0.5, 0.6) is 5.75 Å². The summed E-state index contributed by atoms with van der Waals surface area (Å²) < 4.78 is 25.7. The lowest BCUT2D eigenvalue weighted by molar-refractivity contribution is 0.0466. The zero-order valence-corrected chi connectivity index (χ0v) is 16.0. The number of aromatic nitrogens is 3. The van der Waals surface area contributed by atoms with E-state index in [1.54, 1.807) is 17.9 Å². The van der Waals surface area contributed by atoms with E-state index in [0.29, 0.717) is 10.8 Å². The van der Waals surface area contributed by atoms with Crippen LogP contribution in [0.25, 0.3) is 5.69 Å². The molecule has 2 aromatic carbocycles. The highest BCUT2D eigenvalue weighted by Crippen LogP contribution is 2.17. The number of carbonyl (C=O) groups is 1. The lowest BCUT2D eigenvalue weighted by atomic mass is 10.2. The number of carbonyl (C=O) groups excluding carboxylic acids is 1. The number of esters is 1. The predicted octanol–water partition coefficient (Wildman–Crippen LogP) is 4.40. The smallest absolute Gasteiger partial charge is 0.358 e. The molecule has 6 nitrogen and oxygen atoms in total. The van der Waals surface area contributed by atoms with Crippen molar-refractivity contribution < 1.29 is 18.7 Å². The molecule has 0 atom stereocenters. The van der Waals surface area contributed by atoms with E-state index in [1.165, 1.54) is 35.6 Å². The molecule has 0 spiro atoms. The van der Waals surface area contributed by atoms with Crippen molar-refractivity contribution in [1.82, 2.24) is 14.5 Å². The Balaban J connectivity index is 1.29. The molecule has 8 heteroatoms. The summed E-state index contributed by atoms with van der Waals surface area (Å²) in [5, 5.41) is 2.26. The second-order valence-electron chi connectivity index (χ2n) is 6.08. The van der Waals surface area contributed by atoms with E-state index in [-0.39, 0.29) is 24.7 Å². The highest BCUT2D eigenvalue weighted by molar-refractivity contribution is 7.09. The van der Waals surface area contributed by atoms with Crippen molar-refractivity contribution in [3.8, 4) is 11.4 Å². The molecule has 0 saturated carbocycles. The first kappa shape index (κ1) is 18.8. The lowest BCUT2D eigenvalue weighted by Gasteiger charge is -2.06. The Morgan fingerprint density at radius 1 is 1.07 bits per heavy atom. The number of nitrogens with zero attached hydrogens (tertiary/aromatic N) is 3. The van der Waals surface area contributed by atoms with E-state index in [0.717, 1.165) is 11.3 Å². The monoisotopic (exact) mass is 409 g/mol. The third-order valence-corrected chi connectivity index (χ3v) is 4.87. The fourth-order valence-electron chi connectivity index (χ4n) is 2.55. The molecule has 0 N–H and O–H groups in total. The minimum atomic E-state index is -0.493. The number of hydrogen-bond acceptors (Lipinski definition) is 6. The van der Waals surface area contributed by atoms with E-state index in [1.807, 2.05) is 35.0 Å². The number of imidazole rings is 1. The van der Waals surface area contributed by atoms with Gasteiger partial charge in [-0.15, -0.1) is 11.3 Å². The van der Waals surface area contributed by atoms with Gasteiger partial charge in [0, 0.05) is 23.5 Å². The van der Waals surface area contributed by atoms with Crippen LogP contribution in [0.2, 0.25) is 0 Å². The first-order chi connectivity index (χ1) is 14.2. The van der Waals surface area contributed by atoms with Crippen LogP contribution >= 0.6 is 11.3 Å². The summed E-state index contributed by atoms with van der Waals surface area (Å²) in [6.45, 7) is 0.348. The SMILES string of the molecule is O=C(OCc1ccc(-n2ccnc2)cc1)c1csc(COc2ccc(F)cc2)n1. The number of ether oxygens (including phenoxy) is 2. The first-order valence-electron chi connectivity index (χ1n) is 8.74. The van der Waals surface area contributed by atoms with Gasteiger partial charge in [0.05, 0.1) is 6.33 Å². The molecule has 0 amide bonds. The molecule has 146 valence electrons. The van der Waals surface area contributed by atoms with Crippen LogP contribution in [0, 0.1) is 5.82 Å². The van der Waals surface area contributed by atoms with Crippen LogP contribution in [-0.2, 0) is 18.0 Å². The molecule has 2 heterocycles. The molecule has 4 rings (SSSR count). The molecule has 29 heavy (non-hydrogen) atoms. The van der Waals surface area contributed by atoms with E-state index >= 15 is 0 Å². The van der Waals surface area contributed by atoms with Crippen LogP contribution in [0.1, 0.15) is 21.1 Å². The van der Waals surface area contributed by atoms with Gasteiger partial charge in [-0.05, 0) is 42.0 Å². The van der Waals surface area contributed by atoms with E-state index in [4.69, 9.17) is 9.47 Å². The largest absolute Gasteiger partial charge is 0.486 e. The molecule has 0 radical (unpaired) electrons. The minimum absolute atomic E-state index is 0.155. The van der Waals surface area contributed by atoms with Crippen LogP contribution in [0.4, 0.5) is 4.39 Å². The topological polar surface area (TPSA) is 66.2 Å². The van der Waals surface area contributed by atoms with Gasteiger partial charge in [-0.25, -0.2) is 19.2 Å². The highest BCUT2D eigenvalue weighted by Gasteiger charge is 2.13. The van der Waals surface area contributed by atoms with Crippen molar-refractivity contribution >= 4 is 17.3 Å². The Labute approximate surface area is 170 Å². The summed E-state index contributed by atoms with van der Waals surface area (Å²) in [6, 6.07) is 13.4. The Bertz CT molecular complexity index is 1080. The second-order valence-corrected chi connectivity index (χ2v) is 7.02. The minimum Gasteiger partial charge on any atom is -0.486 e. The van der Waals surface area contributed by atoms with Gasteiger partial charge in [0.25, 0.3) is 0 Å². The molecule has 0 aliphatic heterocycles. The third kappa shape index (κ3) is 4.85. The first-order valence-corrected chi connectivity index (χ1v) is 9.62. The highest BCUT2D eigenvalue weighted by atomic mass is 32.1. The summed E-state index contributed by atoms with van der Waals surface area (Å²) in [5.41, 5.74) is 2.09. The molecule has 0 saturated heterocycles. The van der Waals surface area contributed by atoms with Gasteiger partial charge < -0.3 is 14.0 Å². The molecule has 2 aromatic heterocycles. The second kappa shape index (κ2) is 8.66. The van der Waals surface area contributed by atoms with Gasteiger partial charge in [-0.1, -0.05) is 12.1 Å². The van der Waals surface area contributed by atoms with Gasteiger partial charge >= 0.3 is 5.97 Å². The fraction of sp³-hybridized carbons (Fsp3) is 0.0952. The average molecular weight is 409 g/mol. The van der Waals surface area contributed by atoms with Crippen molar-refractivity contribution in [2.75, 3.05) is 0 Å². The molecule has 0 aliphatic carbocycles. The van der Waals surface area contributed by atoms with Crippen LogP contribution in [0.15, 0.2) is 72.6 Å². The maximum Gasteiger partial charge on any atom is 0.358 e. The van der Waals surface area contributed by atoms with Crippen LogP contribution in [0.3, 0.4) is 0 Å². The number of hydrogen-bond donors (Lipinski definition) is 0. The molecular formula is C21H16FN3O3S. The Hall–Kier alpha value is -3.52. The molecule has 0 fully saturated rings. The lowest BCUT2D eigenvalue weighted by Crippen LogP contribution is -2.06. The zero-order valence-electron chi connectivity index (χ0n) is 15.2. The summed E-state index contributed by atoms with van der Waals surface area (Å²) in [4.78, 5) is 20.5. The summed E-state index contributed by atoms with van der Waals surface area (Å²) in [7, 11) is 0. The maximum atomic E-state index is 12.9. The maximum absolute atomic E-state index is 12.9. The van der Waals surface area contributed by atoms with Gasteiger partial charge in [0.15, 0.2) is 5.69 Å². The van der Waals surface area contributed by atoms with E-state index < -0.39 is 5.97 Å². The number of thiazole rings is 1. The number of benzene rings is 2. The molecular weight excluding hydrogens is 393 g/mol. The van der Waals surface area contributed by atoms with Crippen molar-refractivity contribution in [2.45, 2.75) is 13.2 Å². The fourth-order valence-corrected chi connectivity index (χ4v) is 3.22. The Morgan fingerprint density at radius 3 is 2.59 bits per heavy atom. The summed E-state index contributed by atoms with van der Waals surface area (Å²) in [5.74, 6) is -0.286. The standard InChI is InChI=1S/C21H16FN3O3S/c22-16-3-7-18(8-4-16)27-12-20-24-19(13-29-20)21(26)28-11-15-1-5-17(6-2-15)25-10-9-23-14-25/h1-10,13-14H,11-12H2. The normalized spacial score (nSPS) is 10.7. The van der Waals surface area contributed by atoms with Crippen LogP contribution < -0.4 is 4.74 Å². The van der Waals surface area contributed by atoms with Crippen molar-refractivity contribution in [3.05, 3.63) is 94.7 Å². The molecule has 0 unspecified atom stereocenters. The zero-order chi connectivity index (χ0) is 20.1. The van der Waals surface area contributed by atoms with Gasteiger partial charge in [-0.3, -0.25) is 0 Å². The Kier molecular flexibility index (Phi) is 5.62. The van der Waals surface area contributed by atoms with Crippen molar-refractivity contribution in [3.63, 3.8) is 0 Å². The summed E-state index contributed by atoms with van der Waals surface area (Å²) >= 11 is 1.30. The van der Waals surface area contributed by atoms with E-state index in [2.05, 4.69) is 9.97 Å². The average Bonchev–Trinajstić information content (AvgIpc) is 3.44. The number of halogens is 1. The third-order valence-electron chi connectivity index (χ3n) is 4.05. The summed E-state index contributed by atoms with van der Waals surface area (Å²) in [6.07, 6.45) is 5.28. The molecule has 4 aromatic rings. The number of rotatable bonds is 7. The van der Waals surface area contributed by atoms with Crippen LogP contribution in [-0.4, -0.2) is 20.5 Å². The van der Waals surface area contributed by atoms with Crippen molar-refractivity contribution in [2.24, 2.45) is 0 Å².